The standard InChI is InChI=1S/C7H15NOS/c1-2-6-10(9)8-7-4-3-5-7/h7-8H,2-6H2,1H3. The minimum absolute atomic E-state index is 0.562. The maximum absolute atomic E-state index is 11.0. The van der Waals surface area contributed by atoms with Gasteiger partial charge < -0.3 is 0 Å². The molecule has 1 aliphatic rings. The van der Waals surface area contributed by atoms with Crippen LogP contribution in [0.5, 0.6) is 0 Å². The second kappa shape index (κ2) is 4.09. The van der Waals surface area contributed by atoms with Gasteiger partial charge in [0.15, 0.2) is 0 Å². The van der Waals surface area contributed by atoms with Crippen molar-refractivity contribution in [3.8, 4) is 0 Å². The van der Waals surface area contributed by atoms with E-state index in [1.54, 1.807) is 0 Å². The Morgan fingerprint density at radius 2 is 2.30 bits per heavy atom. The Bertz CT molecular complexity index is 123. The molecule has 1 aliphatic carbocycles. The predicted molar refractivity (Wildman–Crippen MR) is 44.1 cm³/mol. The number of hydrogen-bond donors (Lipinski definition) is 1. The normalized spacial score (nSPS) is 22.1. The fourth-order valence-electron chi connectivity index (χ4n) is 0.956. The van der Waals surface area contributed by atoms with Crippen molar-refractivity contribution < 1.29 is 4.21 Å². The molecule has 0 heterocycles. The Hall–Kier alpha value is 0.110. The lowest BCUT2D eigenvalue weighted by Gasteiger charge is -2.25. The molecule has 1 N–H and O–H groups in total. The fourth-order valence-corrected chi connectivity index (χ4v) is 2.05. The highest BCUT2D eigenvalue weighted by Crippen LogP contribution is 2.18. The molecule has 1 rings (SSSR count). The molecular formula is C7H15NOS. The van der Waals surface area contributed by atoms with Crippen LogP contribution in [-0.2, 0) is 11.0 Å². The zero-order valence-electron chi connectivity index (χ0n) is 6.43. The van der Waals surface area contributed by atoms with Crippen LogP contribution in [0.15, 0.2) is 0 Å². The van der Waals surface area contributed by atoms with Crippen LogP contribution in [-0.4, -0.2) is 16.0 Å². The second-order valence-corrected chi connectivity index (χ2v) is 4.13. The molecule has 0 aromatic carbocycles. The van der Waals surface area contributed by atoms with Crippen molar-refractivity contribution in [3.63, 3.8) is 0 Å². The van der Waals surface area contributed by atoms with Gasteiger partial charge in [0.2, 0.25) is 0 Å². The first-order chi connectivity index (χ1) is 4.83. The maximum Gasteiger partial charge on any atom is 0.0917 e. The van der Waals surface area contributed by atoms with Gasteiger partial charge in [-0.1, -0.05) is 13.3 Å². The summed E-state index contributed by atoms with van der Waals surface area (Å²) in [6, 6.07) is 0.562. The predicted octanol–water partition coefficient (Wildman–Crippen LogP) is 1.20. The highest BCUT2D eigenvalue weighted by molar-refractivity contribution is 7.83. The lowest BCUT2D eigenvalue weighted by Crippen LogP contribution is -2.37. The largest absolute Gasteiger partial charge is 0.243 e. The zero-order valence-corrected chi connectivity index (χ0v) is 7.25. The van der Waals surface area contributed by atoms with Crippen molar-refractivity contribution in [2.24, 2.45) is 0 Å². The molecule has 10 heavy (non-hydrogen) atoms. The summed E-state index contributed by atoms with van der Waals surface area (Å²) in [6.07, 6.45) is 4.75. The van der Waals surface area contributed by atoms with E-state index in [-0.39, 0.29) is 0 Å². The van der Waals surface area contributed by atoms with E-state index in [1.165, 1.54) is 19.3 Å². The van der Waals surface area contributed by atoms with Gasteiger partial charge >= 0.3 is 0 Å². The van der Waals surface area contributed by atoms with Gasteiger partial charge in [-0.2, -0.15) is 0 Å². The van der Waals surface area contributed by atoms with Crippen molar-refractivity contribution in [3.05, 3.63) is 0 Å². The third kappa shape index (κ3) is 2.39. The van der Waals surface area contributed by atoms with E-state index in [2.05, 4.69) is 11.6 Å². The SMILES string of the molecule is CCCS(=O)NC1CCC1. The molecule has 3 heteroatoms. The Morgan fingerprint density at radius 1 is 1.60 bits per heavy atom. The Balaban J connectivity index is 2.05. The summed E-state index contributed by atoms with van der Waals surface area (Å²) in [5, 5.41) is 0. The minimum atomic E-state index is -0.749. The Morgan fingerprint density at radius 3 is 2.70 bits per heavy atom. The van der Waals surface area contributed by atoms with Gasteiger partial charge in [-0.15, -0.1) is 0 Å². The van der Waals surface area contributed by atoms with Gasteiger partial charge in [0.05, 0.1) is 11.0 Å². The van der Waals surface area contributed by atoms with E-state index in [0.717, 1.165) is 12.2 Å². The molecule has 0 bridgehead atoms. The van der Waals surface area contributed by atoms with Crippen LogP contribution in [0, 0.1) is 0 Å². The van der Waals surface area contributed by atoms with Crippen LogP contribution in [0.2, 0.25) is 0 Å². The number of nitrogens with one attached hydrogen (secondary N) is 1. The van der Waals surface area contributed by atoms with Crippen LogP contribution >= 0.6 is 0 Å². The lowest BCUT2D eigenvalue weighted by atomic mass is 9.94. The highest BCUT2D eigenvalue weighted by atomic mass is 32.2. The topological polar surface area (TPSA) is 29.1 Å². The molecule has 0 aromatic heterocycles. The minimum Gasteiger partial charge on any atom is -0.243 e. The van der Waals surface area contributed by atoms with Gasteiger partial charge in [0.1, 0.15) is 0 Å². The smallest absolute Gasteiger partial charge is 0.0917 e. The van der Waals surface area contributed by atoms with Crippen LogP contribution < -0.4 is 4.72 Å². The molecule has 60 valence electrons. The average molecular weight is 161 g/mol. The van der Waals surface area contributed by atoms with E-state index >= 15 is 0 Å². The summed E-state index contributed by atoms with van der Waals surface area (Å²) in [5.74, 6) is 0.802. The monoisotopic (exact) mass is 161 g/mol. The second-order valence-electron chi connectivity index (χ2n) is 2.80. The molecule has 0 aliphatic heterocycles. The molecular weight excluding hydrogens is 146 g/mol. The average Bonchev–Trinajstić information content (AvgIpc) is 1.80. The first kappa shape index (κ1) is 8.21. The van der Waals surface area contributed by atoms with Gasteiger partial charge in [-0.3, -0.25) is 0 Å². The summed E-state index contributed by atoms with van der Waals surface area (Å²) >= 11 is 0. The molecule has 1 unspecified atom stereocenters. The molecule has 1 fully saturated rings. The van der Waals surface area contributed by atoms with Crippen molar-refractivity contribution in [2.75, 3.05) is 5.75 Å². The van der Waals surface area contributed by atoms with Gasteiger partial charge in [0, 0.05) is 11.8 Å². The molecule has 0 radical (unpaired) electrons. The summed E-state index contributed by atoms with van der Waals surface area (Å²) in [7, 11) is -0.749. The summed E-state index contributed by atoms with van der Waals surface area (Å²) < 4.78 is 14.1. The van der Waals surface area contributed by atoms with Crippen LogP contribution in [0.25, 0.3) is 0 Å². The molecule has 1 atom stereocenters. The number of rotatable bonds is 4. The molecule has 0 aromatic rings. The molecule has 0 saturated heterocycles. The summed E-state index contributed by atoms with van der Waals surface area (Å²) in [5.41, 5.74) is 0. The van der Waals surface area contributed by atoms with Crippen molar-refractivity contribution in [2.45, 2.75) is 38.6 Å². The van der Waals surface area contributed by atoms with E-state index < -0.39 is 11.0 Å². The maximum atomic E-state index is 11.0. The van der Waals surface area contributed by atoms with E-state index in [1.807, 2.05) is 0 Å². The van der Waals surface area contributed by atoms with Crippen molar-refractivity contribution in [1.29, 1.82) is 0 Å². The quantitative estimate of drug-likeness (QED) is 0.659. The van der Waals surface area contributed by atoms with Crippen LogP contribution in [0.3, 0.4) is 0 Å². The van der Waals surface area contributed by atoms with E-state index in [0.29, 0.717) is 6.04 Å². The van der Waals surface area contributed by atoms with Gasteiger partial charge in [0.25, 0.3) is 0 Å². The van der Waals surface area contributed by atoms with Crippen molar-refractivity contribution >= 4 is 11.0 Å². The third-order valence-electron chi connectivity index (χ3n) is 1.79. The van der Waals surface area contributed by atoms with Gasteiger partial charge in [-0.05, 0) is 19.3 Å². The fraction of sp³-hybridized carbons (Fsp3) is 1.00. The third-order valence-corrected chi connectivity index (χ3v) is 3.17. The van der Waals surface area contributed by atoms with Crippen LogP contribution in [0.4, 0.5) is 0 Å². The summed E-state index contributed by atoms with van der Waals surface area (Å²) in [6.45, 7) is 2.06. The highest BCUT2D eigenvalue weighted by Gasteiger charge is 2.18. The first-order valence-electron chi connectivity index (χ1n) is 3.97. The van der Waals surface area contributed by atoms with E-state index in [4.69, 9.17) is 0 Å². The van der Waals surface area contributed by atoms with Gasteiger partial charge in [-0.25, -0.2) is 8.93 Å². The van der Waals surface area contributed by atoms with Crippen LogP contribution in [0.1, 0.15) is 32.6 Å². The number of hydrogen-bond acceptors (Lipinski definition) is 1. The lowest BCUT2D eigenvalue weighted by molar-refractivity contribution is 0.390. The molecule has 0 amide bonds. The Kier molecular flexibility index (Phi) is 3.35. The van der Waals surface area contributed by atoms with E-state index in [9.17, 15) is 4.21 Å². The molecule has 0 spiro atoms. The molecule has 1 saturated carbocycles. The molecule has 2 nitrogen and oxygen atoms in total. The Labute approximate surface area is 65.0 Å². The summed E-state index contributed by atoms with van der Waals surface area (Å²) in [4.78, 5) is 0. The van der Waals surface area contributed by atoms with Crippen molar-refractivity contribution in [1.82, 2.24) is 4.72 Å². The first-order valence-corrected chi connectivity index (χ1v) is 5.29. The zero-order chi connectivity index (χ0) is 7.40.